The van der Waals surface area contributed by atoms with Gasteiger partial charge in [0.05, 0.1) is 0 Å². The molecule has 1 aliphatic rings. The molecule has 0 heterocycles. The third-order valence-corrected chi connectivity index (χ3v) is 5.08. The molecule has 1 nitrogen and oxygen atoms in total. The second-order valence-electron chi connectivity index (χ2n) is 6.37. The van der Waals surface area contributed by atoms with Gasteiger partial charge in [0.25, 0.3) is 0 Å². The molecule has 0 aliphatic heterocycles. The van der Waals surface area contributed by atoms with Crippen LogP contribution >= 0.6 is 0 Å². The van der Waals surface area contributed by atoms with Crippen LogP contribution in [0.5, 0.6) is 0 Å². The van der Waals surface area contributed by atoms with Gasteiger partial charge < -0.3 is 5.73 Å². The van der Waals surface area contributed by atoms with E-state index in [0.29, 0.717) is 5.92 Å². The number of aryl methyl sites for hydroxylation is 1. The second kappa shape index (κ2) is 6.03. The molecule has 0 aromatic heterocycles. The quantitative estimate of drug-likeness (QED) is 0.858. The van der Waals surface area contributed by atoms with Crippen molar-refractivity contribution >= 4 is 0 Å². The molecule has 0 amide bonds. The van der Waals surface area contributed by atoms with E-state index in [2.05, 4.69) is 61.5 Å². The zero-order valence-electron chi connectivity index (χ0n) is 12.9. The smallest absolute Gasteiger partial charge is 0.0412 e. The van der Waals surface area contributed by atoms with Crippen molar-refractivity contribution in [1.82, 2.24) is 0 Å². The summed E-state index contributed by atoms with van der Waals surface area (Å²) in [5, 5.41) is 0. The van der Waals surface area contributed by atoms with Gasteiger partial charge in [-0.15, -0.1) is 0 Å². The maximum Gasteiger partial charge on any atom is 0.0412 e. The highest BCUT2D eigenvalue weighted by molar-refractivity contribution is 5.34. The van der Waals surface area contributed by atoms with Gasteiger partial charge in [0, 0.05) is 5.54 Å². The second-order valence-corrected chi connectivity index (χ2v) is 6.37. The average molecular weight is 279 g/mol. The molecule has 0 fully saturated rings. The molecule has 2 aromatic rings. The summed E-state index contributed by atoms with van der Waals surface area (Å²) in [4.78, 5) is 0. The SMILES string of the molecule is CCC(N)(CC1CCCc2ccccc21)c1ccccc1. The molecule has 0 radical (unpaired) electrons. The van der Waals surface area contributed by atoms with Crippen LogP contribution in [0.2, 0.25) is 0 Å². The first kappa shape index (κ1) is 14.3. The lowest BCUT2D eigenvalue weighted by atomic mass is 9.73. The number of nitrogens with two attached hydrogens (primary N) is 1. The number of benzene rings is 2. The lowest BCUT2D eigenvalue weighted by Gasteiger charge is -2.35. The van der Waals surface area contributed by atoms with E-state index < -0.39 is 0 Å². The van der Waals surface area contributed by atoms with E-state index in [0.717, 1.165) is 12.8 Å². The molecule has 0 saturated carbocycles. The molecule has 0 saturated heterocycles. The Bertz CT molecular complexity index is 590. The fourth-order valence-corrected chi connectivity index (χ4v) is 3.74. The van der Waals surface area contributed by atoms with Gasteiger partial charge >= 0.3 is 0 Å². The number of hydrogen-bond donors (Lipinski definition) is 1. The Morgan fingerprint density at radius 2 is 1.76 bits per heavy atom. The van der Waals surface area contributed by atoms with Crippen molar-refractivity contribution in [2.45, 2.75) is 50.5 Å². The molecule has 0 spiro atoms. The van der Waals surface area contributed by atoms with Gasteiger partial charge in [0.2, 0.25) is 0 Å². The predicted molar refractivity (Wildman–Crippen MR) is 89.3 cm³/mol. The van der Waals surface area contributed by atoms with Crippen LogP contribution in [0.4, 0.5) is 0 Å². The van der Waals surface area contributed by atoms with Gasteiger partial charge in [0.1, 0.15) is 0 Å². The Labute approximate surface area is 128 Å². The molecule has 3 rings (SSSR count). The molecule has 21 heavy (non-hydrogen) atoms. The molecule has 0 bridgehead atoms. The van der Waals surface area contributed by atoms with E-state index in [9.17, 15) is 0 Å². The molecule has 2 N–H and O–H groups in total. The van der Waals surface area contributed by atoms with Gasteiger partial charge in [-0.3, -0.25) is 0 Å². The Morgan fingerprint density at radius 3 is 2.52 bits per heavy atom. The number of fused-ring (bicyclic) bond motifs is 1. The zero-order valence-corrected chi connectivity index (χ0v) is 12.9. The van der Waals surface area contributed by atoms with E-state index in [4.69, 9.17) is 5.73 Å². The van der Waals surface area contributed by atoms with Crippen molar-refractivity contribution < 1.29 is 0 Å². The molecule has 2 atom stereocenters. The molecule has 2 unspecified atom stereocenters. The number of rotatable bonds is 4. The molecule has 110 valence electrons. The summed E-state index contributed by atoms with van der Waals surface area (Å²) in [6.07, 6.45) is 5.81. The van der Waals surface area contributed by atoms with Crippen molar-refractivity contribution in [3.05, 3.63) is 71.3 Å². The van der Waals surface area contributed by atoms with E-state index in [-0.39, 0.29) is 5.54 Å². The summed E-state index contributed by atoms with van der Waals surface area (Å²) in [6.45, 7) is 2.21. The lowest BCUT2D eigenvalue weighted by Crippen LogP contribution is -2.38. The van der Waals surface area contributed by atoms with Gasteiger partial charge in [-0.1, -0.05) is 61.5 Å². The van der Waals surface area contributed by atoms with Crippen molar-refractivity contribution in [2.75, 3.05) is 0 Å². The molecule has 1 heteroatoms. The van der Waals surface area contributed by atoms with E-state index in [1.165, 1.54) is 36.0 Å². The predicted octanol–water partition coefficient (Wildman–Crippen LogP) is 4.76. The third kappa shape index (κ3) is 2.89. The molecule has 1 aliphatic carbocycles. The van der Waals surface area contributed by atoms with Crippen LogP contribution in [0.15, 0.2) is 54.6 Å². The minimum atomic E-state index is -0.212. The summed E-state index contributed by atoms with van der Waals surface area (Å²) in [5.74, 6) is 0.597. The van der Waals surface area contributed by atoms with Gasteiger partial charge in [-0.25, -0.2) is 0 Å². The highest BCUT2D eigenvalue weighted by Crippen LogP contribution is 2.40. The minimum Gasteiger partial charge on any atom is -0.321 e. The average Bonchev–Trinajstić information content (AvgIpc) is 2.56. The third-order valence-electron chi connectivity index (χ3n) is 5.08. The topological polar surface area (TPSA) is 26.0 Å². The summed E-state index contributed by atoms with van der Waals surface area (Å²) in [6, 6.07) is 19.5. The van der Waals surface area contributed by atoms with Crippen LogP contribution in [0.3, 0.4) is 0 Å². The monoisotopic (exact) mass is 279 g/mol. The number of hydrogen-bond acceptors (Lipinski definition) is 1. The normalized spacial score (nSPS) is 20.6. The summed E-state index contributed by atoms with van der Waals surface area (Å²) in [5.41, 5.74) is 10.9. The summed E-state index contributed by atoms with van der Waals surface area (Å²) in [7, 11) is 0. The van der Waals surface area contributed by atoms with Crippen LogP contribution in [-0.4, -0.2) is 0 Å². The van der Waals surface area contributed by atoms with Crippen molar-refractivity contribution in [3.8, 4) is 0 Å². The standard InChI is InChI=1S/C20H25N/c1-2-20(21,18-12-4-3-5-13-18)15-17-11-8-10-16-9-6-7-14-19(16)17/h3-7,9,12-14,17H,2,8,10-11,15,21H2,1H3. The van der Waals surface area contributed by atoms with Crippen molar-refractivity contribution in [3.63, 3.8) is 0 Å². The highest BCUT2D eigenvalue weighted by Gasteiger charge is 2.31. The molecular weight excluding hydrogens is 254 g/mol. The van der Waals surface area contributed by atoms with Gasteiger partial charge in [-0.2, -0.15) is 0 Å². The maximum atomic E-state index is 6.81. The van der Waals surface area contributed by atoms with Crippen LogP contribution < -0.4 is 5.73 Å². The van der Waals surface area contributed by atoms with Crippen LogP contribution in [0, 0.1) is 0 Å². The Balaban J connectivity index is 1.89. The van der Waals surface area contributed by atoms with Gasteiger partial charge in [-0.05, 0) is 54.7 Å². The van der Waals surface area contributed by atoms with Crippen LogP contribution in [0.1, 0.15) is 55.2 Å². The fraction of sp³-hybridized carbons (Fsp3) is 0.400. The largest absolute Gasteiger partial charge is 0.321 e. The first-order valence-electron chi connectivity index (χ1n) is 8.15. The van der Waals surface area contributed by atoms with Crippen molar-refractivity contribution in [1.29, 1.82) is 0 Å². The van der Waals surface area contributed by atoms with Crippen LogP contribution in [-0.2, 0) is 12.0 Å². The van der Waals surface area contributed by atoms with Crippen LogP contribution in [0.25, 0.3) is 0 Å². The first-order valence-corrected chi connectivity index (χ1v) is 8.15. The van der Waals surface area contributed by atoms with Crippen molar-refractivity contribution in [2.24, 2.45) is 5.73 Å². The fourth-order valence-electron chi connectivity index (χ4n) is 3.74. The van der Waals surface area contributed by atoms with E-state index in [1.54, 1.807) is 0 Å². The van der Waals surface area contributed by atoms with E-state index in [1.807, 2.05) is 0 Å². The minimum absolute atomic E-state index is 0.212. The zero-order chi connectivity index (χ0) is 14.7. The maximum absolute atomic E-state index is 6.81. The highest BCUT2D eigenvalue weighted by atomic mass is 14.7. The lowest BCUT2D eigenvalue weighted by molar-refractivity contribution is 0.338. The summed E-state index contributed by atoms with van der Waals surface area (Å²) < 4.78 is 0. The Morgan fingerprint density at radius 1 is 1.05 bits per heavy atom. The Kier molecular flexibility index (Phi) is 4.12. The first-order chi connectivity index (χ1) is 10.2. The summed E-state index contributed by atoms with van der Waals surface area (Å²) >= 11 is 0. The Hall–Kier alpha value is -1.60. The van der Waals surface area contributed by atoms with Gasteiger partial charge in [0.15, 0.2) is 0 Å². The molecular formula is C20H25N. The molecule has 2 aromatic carbocycles. The van der Waals surface area contributed by atoms with E-state index >= 15 is 0 Å².